The lowest BCUT2D eigenvalue weighted by atomic mass is 10.1. The van der Waals surface area contributed by atoms with Crippen molar-refractivity contribution in [2.24, 2.45) is 0 Å². The minimum atomic E-state index is -0.482. The number of carbonyl (C=O) groups excluding carboxylic acids is 2. The molecule has 0 bridgehead atoms. The summed E-state index contributed by atoms with van der Waals surface area (Å²) in [6.07, 6.45) is 0. The first-order valence-electron chi connectivity index (χ1n) is 6.96. The van der Waals surface area contributed by atoms with Gasteiger partial charge in [0, 0.05) is 12.6 Å². The van der Waals surface area contributed by atoms with Gasteiger partial charge in [0.25, 0.3) is 0 Å². The molecule has 0 aliphatic rings. The van der Waals surface area contributed by atoms with E-state index in [2.05, 4.69) is 16.0 Å². The van der Waals surface area contributed by atoms with E-state index in [4.69, 9.17) is 4.74 Å². The van der Waals surface area contributed by atoms with Gasteiger partial charge in [0.15, 0.2) is 0 Å². The summed E-state index contributed by atoms with van der Waals surface area (Å²) in [5.74, 6) is 0.425. The number of nitrogens with one attached hydrogen (secondary N) is 3. The van der Waals surface area contributed by atoms with Crippen molar-refractivity contribution in [3.63, 3.8) is 0 Å². The molecular weight excluding hydrogens is 270 g/mol. The molecule has 0 radical (unpaired) electrons. The number of hydrogen-bond donors (Lipinski definition) is 3. The molecule has 2 atom stereocenters. The van der Waals surface area contributed by atoms with Crippen molar-refractivity contribution >= 4 is 11.9 Å². The Balaban J connectivity index is 2.54. The van der Waals surface area contributed by atoms with Crippen LogP contribution in [0.1, 0.15) is 32.4 Å². The zero-order valence-electron chi connectivity index (χ0n) is 12.9. The molecule has 116 valence electrons. The lowest BCUT2D eigenvalue weighted by Crippen LogP contribution is -2.48. The van der Waals surface area contributed by atoms with Gasteiger partial charge in [-0.1, -0.05) is 12.1 Å². The quantitative estimate of drug-likeness (QED) is 0.744. The number of ether oxygens (including phenoxy) is 1. The monoisotopic (exact) mass is 293 g/mol. The lowest BCUT2D eigenvalue weighted by Gasteiger charge is -2.20. The largest absolute Gasteiger partial charge is 0.497 e. The summed E-state index contributed by atoms with van der Waals surface area (Å²) in [7, 11) is 1.62. The Labute approximate surface area is 125 Å². The molecule has 1 aromatic carbocycles. The second kappa shape index (κ2) is 8.26. The van der Waals surface area contributed by atoms with Gasteiger partial charge in [-0.05, 0) is 38.5 Å². The zero-order chi connectivity index (χ0) is 15.8. The van der Waals surface area contributed by atoms with E-state index in [0.717, 1.165) is 11.3 Å². The number of amides is 3. The Morgan fingerprint density at radius 1 is 1.19 bits per heavy atom. The first kappa shape index (κ1) is 17.0. The van der Waals surface area contributed by atoms with Gasteiger partial charge in [0.2, 0.25) is 5.91 Å². The van der Waals surface area contributed by atoms with Gasteiger partial charge >= 0.3 is 6.03 Å². The second-order valence-electron chi connectivity index (χ2n) is 4.73. The molecule has 0 aromatic heterocycles. The van der Waals surface area contributed by atoms with Gasteiger partial charge in [-0.3, -0.25) is 15.4 Å². The molecule has 1 unspecified atom stereocenters. The maximum atomic E-state index is 11.8. The fourth-order valence-corrected chi connectivity index (χ4v) is 1.86. The average molecular weight is 293 g/mol. The van der Waals surface area contributed by atoms with Crippen LogP contribution < -0.4 is 20.7 Å². The topological polar surface area (TPSA) is 79.5 Å². The molecule has 0 saturated heterocycles. The van der Waals surface area contributed by atoms with E-state index in [0.29, 0.717) is 6.54 Å². The van der Waals surface area contributed by atoms with Crippen LogP contribution in [0, 0.1) is 0 Å². The highest BCUT2D eigenvalue weighted by atomic mass is 16.5. The fourth-order valence-electron chi connectivity index (χ4n) is 1.86. The summed E-state index contributed by atoms with van der Waals surface area (Å²) in [6, 6.07) is 6.62. The third kappa shape index (κ3) is 5.43. The van der Waals surface area contributed by atoms with Crippen LogP contribution in [0.25, 0.3) is 0 Å². The molecule has 6 nitrogen and oxygen atoms in total. The standard InChI is InChI=1S/C15H23N3O3/c1-5-16-15(20)18-14(19)11(3)17-10(2)12-6-8-13(21-4)9-7-12/h6-11,17H,5H2,1-4H3,(H2,16,18,19,20)/t10-,11?/m0/s1. The predicted octanol–water partition coefficient (Wildman–Crippen LogP) is 1.58. The third-order valence-electron chi connectivity index (χ3n) is 3.08. The van der Waals surface area contributed by atoms with E-state index >= 15 is 0 Å². The number of benzene rings is 1. The van der Waals surface area contributed by atoms with E-state index in [-0.39, 0.29) is 11.9 Å². The zero-order valence-corrected chi connectivity index (χ0v) is 12.9. The number of carbonyl (C=O) groups is 2. The third-order valence-corrected chi connectivity index (χ3v) is 3.08. The molecular formula is C15H23N3O3. The molecule has 0 heterocycles. The van der Waals surface area contributed by atoms with Gasteiger partial charge in [-0.15, -0.1) is 0 Å². The number of urea groups is 1. The number of methoxy groups -OCH3 is 1. The van der Waals surface area contributed by atoms with Crippen LogP contribution in [0.4, 0.5) is 4.79 Å². The van der Waals surface area contributed by atoms with Crippen LogP contribution in [0.2, 0.25) is 0 Å². The molecule has 21 heavy (non-hydrogen) atoms. The maximum absolute atomic E-state index is 11.8. The molecule has 3 amide bonds. The van der Waals surface area contributed by atoms with Crippen LogP contribution in [-0.2, 0) is 4.79 Å². The van der Waals surface area contributed by atoms with Gasteiger partial charge in [-0.25, -0.2) is 4.79 Å². The highest BCUT2D eigenvalue weighted by molar-refractivity contribution is 5.96. The molecule has 0 aliphatic heterocycles. The van der Waals surface area contributed by atoms with E-state index < -0.39 is 12.1 Å². The van der Waals surface area contributed by atoms with E-state index in [1.807, 2.05) is 31.2 Å². The summed E-state index contributed by atoms with van der Waals surface area (Å²) in [4.78, 5) is 23.1. The predicted molar refractivity (Wildman–Crippen MR) is 81.2 cm³/mol. The van der Waals surface area contributed by atoms with Crippen molar-refractivity contribution in [3.05, 3.63) is 29.8 Å². The minimum absolute atomic E-state index is 0.0223. The van der Waals surface area contributed by atoms with Gasteiger partial charge in [0.1, 0.15) is 5.75 Å². The summed E-state index contributed by atoms with van der Waals surface area (Å²) in [6.45, 7) is 5.94. The molecule has 1 aromatic rings. The number of hydrogen-bond acceptors (Lipinski definition) is 4. The normalized spacial score (nSPS) is 13.1. The first-order chi connectivity index (χ1) is 9.97. The van der Waals surface area contributed by atoms with Crippen LogP contribution in [0.3, 0.4) is 0 Å². The summed E-state index contributed by atoms with van der Waals surface area (Å²) >= 11 is 0. The van der Waals surface area contributed by atoms with Crippen LogP contribution in [0.5, 0.6) is 5.75 Å². The number of rotatable bonds is 6. The van der Waals surface area contributed by atoms with Crippen LogP contribution >= 0.6 is 0 Å². The van der Waals surface area contributed by atoms with Gasteiger partial charge in [0.05, 0.1) is 13.2 Å². The average Bonchev–Trinajstić information content (AvgIpc) is 2.47. The SMILES string of the molecule is CCNC(=O)NC(=O)C(C)N[C@@H](C)c1ccc(OC)cc1. The van der Waals surface area contributed by atoms with E-state index in [9.17, 15) is 9.59 Å². The Hall–Kier alpha value is -2.08. The van der Waals surface area contributed by atoms with Crippen molar-refractivity contribution < 1.29 is 14.3 Å². The molecule has 0 saturated carbocycles. The molecule has 0 fully saturated rings. The highest BCUT2D eigenvalue weighted by Crippen LogP contribution is 2.17. The van der Waals surface area contributed by atoms with Crippen LogP contribution in [-0.4, -0.2) is 31.6 Å². The van der Waals surface area contributed by atoms with Gasteiger partial charge in [-0.2, -0.15) is 0 Å². The molecule has 0 aliphatic carbocycles. The van der Waals surface area contributed by atoms with Crippen molar-refractivity contribution in [1.29, 1.82) is 0 Å². The molecule has 0 spiro atoms. The summed E-state index contributed by atoms with van der Waals surface area (Å²) < 4.78 is 5.11. The summed E-state index contributed by atoms with van der Waals surface area (Å²) in [5, 5.41) is 7.95. The summed E-state index contributed by atoms with van der Waals surface area (Å²) in [5.41, 5.74) is 1.04. The van der Waals surface area contributed by atoms with E-state index in [1.54, 1.807) is 21.0 Å². The molecule has 1 rings (SSSR count). The van der Waals surface area contributed by atoms with Crippen molar-refractivity contribution in [3.8, 4) is 5.75 Å². The molecule has 6 heteroatoms. The fraction of sp³-hybridized carbons (Fsp3) is 0.467. The Bertz CT molecular complexity index is 474. The Kier molecular flexibility index (Phi) is 6.68. The van der Waals surface area contributed by atoms with Gasteiger partial charge < -0.3 is 10.1 Å². The number of imide groups is 1. The van der Waals surface area contributed by atoms with E-state index in [1.165, 1.54) is 0 Å². The Morgan fingerprint density at radius 2 is 1.81 bits per heavy atom. The molecule has 3 N–H and O–H groups in total. The second-order valence-corrected chi connectivity index (χ2v) is 4.73. The smallest absolute Gasteiger partial charge is 0.321 e. The Morgan fingerprint density at radius 3 is 2.33 bits per heavy atom. The maximum Gasteiger partial charge on any atom is 0.321 e. The minimum Gasteiger partial charge on any atom is -0.497 e. The van der Waals surface area contributed by atoms with Crippen molar-refractivity contribution in [2.75, 3.05) is 13.7 Å². The first-order valence-corrected chi connectivity index (χ1v) is 6.96. The van der Waals surface area contributed by atoms with Crippen molar-refractivity contribution in [2.45, 2.75) is 32.9 Å². The van der Waals surface area contributed by atoms with Crippen molar-refractivity contribution in [1.82, 2.24) is 16.0 Å². The highest BCUT2D eigenvalue weighted by Gasteiger charge is 2.18. The van der Waals surface area contributed by atoms with Crippen LogP contribution in [0.15, 0.2) is 24.3 Å². The lowest BCUT2D eigenvalue weighted by molar-refractivity contribution is -0.121.